The van der Waals surface area contributed by atoms with Gasteiger partial charge in [0.15, 0.2) is 0 Å². The van der Waals surface area contributed by atoms with Crippen LogP contribution in [0.1, 0.15) is 6.92 Å². The van der Waals surface area contributed by atoms with Crippen LogP contribution in [0.2, 0.25) is 10.0 Å². The molecule has 0 aromatic heterocycles. The quantitative estimate of drug-likeness (QED) is 0.844. The van der Waals surface area contributed by atoms with Crippen LogP contribution in [-0.2, 0) is 14.8 Å². The predicted octanol–water partition coefficient (Wildman–Crippen LogP) is 1.99. The number of rotatable bonds is 2. The van der Waals surface area contributed by atoms with Crippen molar-refractivity contribution in [2.24, 2.45) is 0 Å². The van der Waals surface area contributed by atoms with E-state index in [9.17, 15) is 8.42 Å². The van der Waals surface area contributed by atoms with Crippen molar-refractivity contribution < 1.29 is 13.2 Å². The zero-order chi connectivity index (χ0) is 14.2. The minimum atomic E-state index is -3.75. The Balaban J connectivity index is 2.50. The van der Waals surface area contributed by atoms with Gasteiger partial charge in [0, 0.05) is 17.6 Å². The number of nitrogens with zero attached hydrogens (tertiary/aromatic N) is 1. The van der Waals surface area contributed by atoms with Gasteiger partial charge in [-0.25, -0.2) is 8.42 Å². The van der Waals surface area contributed by atoms with Crippen LogP contribution in [0.25, 0.3) is 0 Å². The molecule has 0 spiro atoms. The molecule has 1 heterocycles. The molecule has 0 radical (unpaired) electrons. The van der Waals surface area contributed by atoms with Crippen molar-refractivity contribution >= 4 is 38.9 Å². The zero-order valence-electron chi connectivity index (χ0n) is 10.3. The lowest BCUT2D eigenvalue weighted by atomic mass is 10.3. The summed E-state index contributed by atoms with van der Waals surface area (Å²) < 4.78 is 31.8. The molecule has 1 fully saturated rings. The standard InChI is InChI=1S/C11H14Cl2N2O3S/c1-7-6-18-3-2-15(7)19(16,17)11-9(13)4-8(12)5-10(11)14/h4-5,7H,2-3,6,14H2,1H3. The number of ether oxygens (including phenoxy) is 1. The Kier molecular flexibility index (Phi) is 4.27. The monoisotopic (exact) mass is 324 g/mol. The van der Waals surface area contributed by atoms with Gasteiger partial charge in [0.2, 0.25) is 10.0 Å². The highest BCUT2D eigenvalue weighted by molar-refractivity contribution is 7.89. The van der Waals surface area contributed by atoms with E-state index in [0.29, 0.717) is 18.2 Å². The first-order valence-electron chi connectivity index (χ1n) is 5.68. The Labute approximate surface area is 122 Å². The number of halogens is 2. The van der Waals surface area contributed by atoms with Crippen molar-refractivity contribution in [3.8, 4) is 0 Å². The number of benzene rings is 1. The molecular formula is C11H14Cl2N2O3S. The summed E-state index contributed by atoms with van der Waals surface area (Å²) in [5.74, 6) is 0. The predicted molar refractivity (Wildman–Crippen MR) is 75.0 cm³/mol. The van der Waals surface area contributed by atoms with E-state index in [0.717, 1.165) is 0 Å². The van der Waals surface area contributed by atoms with E-state index in [2.05, 4.69) is 0 Å². The Morgan fingerprint density at radius 1 is 1.42 bits per heavy atom. The van der Waals surface area contributed by atoms with E-state index in [1.54, 1.807) is 6.92 Å². The molecule has 1 aliphatic heterocycles. The zero-order valence-corrected chi connectivity index (χ0v) is 12.6. The molecule has 0 saturated carbocycles. The first-order chi connectivity index (χ1) is 8.84. The summed E-state index contributed by atoms with van der Waals surface area (Å²) in [6.45, 7) is 2.76. The second-order valence-electron chi connectivity index (χ2n) is 4.35. The number of hydrogen-bond donors (Lipinski definition) is 1. The van der Waals surface area contributed by atoms with Gasteiger partial charge in [0.05, 0.1) is 23.9 Å². The molecule has 0 bridgehead atoms. The summed E-state index contributed by atoms with van der Waals surface area (Å²) in [4.78, 5) is -0.0904. The van der Waals surface area contributed by atoms with Crippen LogP contribution >= 0.6 is 23.2 Å². The summed E-state index contributed by atoms with van der Waals surface area (Å²) in [5.41, 5.74) is 5.81. The number of hydrogen-bond acceptors (Lipinski definition) is 4. The first-order valence-corrected chi connectivity index (χ1v) is 7.87. The molecule has 19 heavy (non-hydrogen) atoms. The number of anilines is 1. The highest BCUT2D eigenvalue weighted by atomic mass is 35.5. The maximum atomic E-state index is 12.6. The Hall–Kier alpha value is -0.530. The van der Waals surface area contributed by atoms with Gasteiger partial charge in [0.25, 0.3) is 0 Å². The Morgan fingerprint density at radius 2 is 2.11 bits per heavy atom. The number of nitrogens with two attached hydrogens (primary N) is 1. The van der Waals surface area contributed by atoms with Crippen molar-refractivity contribution in [2.75, 3.05) is 25.5 Å². The molecule has 1 atom stereocenters. The summed E-state index contributed by atoms with van der Waals surface area (Å²) in [6, 6.07) is 2.49. The Morgan fingerprint density at radius 3 is 2.68 bits per heavy atom. The number of nitrogen functional groups attached to an aromatic ring is 1. The average Bonchev–Trinajstić information content (AvgIpc) is 2.27. The fraction of sp³-hybridized carbons (Fsp3) is 0.455. The third-order valence-corrected chi connectivity index (χ3v) is 5.67. The molecule has 0 amide bonds. The summed E-state index contributed by atoms with van der Waals surface area (Å²) >= 11 is 11.8. The van der Waals surface area contributed by atoms with Crippen LogP contribution in [0, 0.1) is 0 Å². The molecule has 8 heteroatoms. The van der Waals surface area contributed by atoms with E-state index in [1.165, 1.54) is 16.4 Å². The van der Waals surface area contributed by atoms with E-state index in [1.807, 2.05) is 0 Å². The van der Waals surface area contributed by atoms with E-state index in [4.69, 9.17) is 33.7 Å². The van der Waals surface area contributed by atoms with Gasteiger partial charge >= 0.3 is 0 Å². The molecule has 1 aromatic rings. The summed E-state index contributed by atoms with van der Waals surface area (Å²) in [5, 5.41) is 0.333. The summed E-state index contributed by atoms with van der Waals surface area (Å²) in [7, 11) is -3.75. The van der Waals surface area contributed by atoms with Crippen molar-refractivity contribution in [3.05, 3.63) is 22.2 Å². The van der Waals surface area contributed by atoms with Gasteiger partial charge < -0.3 is 10.5 Å². The van der Waals surface area contributed by atoms with Crippen LogP contribution in [0.4, 0.5) is 5.69 Å². The second kappa shape index (κ2) is 5.46. The largest absolute Gasteiger partial charge is 0.398 e. The summed E-state index contributed by atoms with van der Waals surface area (Å²) in [6.07, 6.45) is 0. The first kappa shape index (κ1) is 14.9. The third-order valence-electron chi connectivity index (χ3n) is 2.91. The fourth-order valence-corrected chi connectivity index (χ4v) is 4.59. The van der Waals surface area contributed by atoms with E-state index in [-0.39, 0.29) is 28.2 Å². The highest BCUT2D eigenvalue weighted by Gasteiger charge is 2.34. The molecule has 2 rings (SSSR count). The maximum Gasteiger partial charge on any atom is 0.247 e. The van der Waals surface area contributed by atoms with Crippen LogP contribution < -0.4 is 5.73 Å². The average molecular weight is 325 g/mol. The van der Waals surface area contributed by atoms with Gasteiger partial charge in [-0.15, -0.1) is 0 Å². The van der Waals surface area contributed by atoms with Crippen LogP contribution in [-0.4, -0.2) is 38.5 Å². The normalized spacial score (nSPS) is 21.5. The topological polar surface area (TPSA) is 72.6 Å². The molecule has 1 aliphatic rings. The molecule has 0 aliphatic carbocycles. The SMILES string of the molecule is CC1COCCN1S(=O)(=O)c1c(N)cc(Cl)cc1Cl. The van der Waals surface area contributed by atoms with Crippen LogP contribution in [0.15, 0.2) is 17.0 Å². The van der Waals surface area contributed by atoms with Crippen molar-refractivity contribution in [1.29, 1.82) is 0 Å². The van der Waals surface area contributed by atoms with Gasteiger partial charge in [-0.3, -0.25) is 0 Å². The smallest absolute Gasteiger partial charge is 0.247 e. The van der Waals surface area contributed by atoms with Crippen LogP contribution in [0.3, 0.4) is 0 Å². The lowest BCUT2D eigenvalue weighted by molar-refractivity contribution is 0.0393. The third kappa shape index (κ3) is 2.83. The Bertz CT molecular complexity index is 569. The lowest BCUT2D eigenvalue weighted by Crippen LogP contribution is -2.47. The van der Waals surface area contributed by atoms with Crippen molar-refractivity contribution in [2.45, 2.75) is 17.9 Å². The van der Waals surface area contributed by atoms with Gasteiger partial charge in [-0.1, -0.05) is 23.2 Å². The van der Waals surface area contributed by atoms with Gasteiger partial charge in [-0.2, -0.15) is 4.31 Å². The minimum absolute atomic E-state index is 0.0312. The van der Waals surface area contributed by atoms with Gasteiger partial charge in [0.1, 0.15) is 4.90 Å². The molecule has 2 N–H and O–H groups in total. The molecule has 5 nitrogen and oxygen atoms in total. The highest BCUT2D eigenvalue weighted by Crippen LogP contribution is 2.34. The molecule has 106 valence electrons. The second-order valence-corrected chi connectivity index (χ2v) is 7.02. The van der Waals surface area contributed by atoms with E-state index >= 15 is 0 Å². The maximum absolute atomic E-state index is 12.6. The minimum Gasteiger partial charge on any atom is -0.398 e. The lowest BCUT2D eigenvalue weighted by Gasteiger charge is -2.32. The van der Waals surface area contributed by atoms with E-state index < -0.39 is 10.0 Å². The molecule has 1 saturated heterocycles. The van der Waals surface area contributed by atoms with Crippen molar-refractivity contribution in [3.63, 3.8) is 0 Å². The van der Waals surface area contributed by atoms with Gasteiger partial charge in [-0.05, 0) is 19.1 Å². The molecule has 1 unspecified atom stereocenters. The fourth-order valence-electron chi connectivity index (χ4n) is 2.04. The molecule has 1 aromatic carbocycles. The number of morpholine rings is 1. The number of sulfonamides is 1. The van der Waals surface area contributed by atoms with Crippen molar-refractivity contribution in [1.82, 2.24) is 4.31 Å². The molecular weight excluding hydrogens is 311 g/mol. The van der Waals surface area contributed by atoms with Crippen LogP contribution in [0.5, 0.6) is 0 Å².